The van der Waals surface area contributed by atoms with E-state index in [2.05, 4.69) is 109 Å². The van der Waals surface area contributed by atoms with Gasteiger partial charge in [-0.3, -0.25) is 9.69 Å². The van der Waals surface area contributed by atoms with Gasteiger partial charge in [-0.2, -0.15) is 0 Å². The SMILES string of the molecule is CC(C)N(CCCCNC(=O)CSC1CCCCC1Sc1cc(C(C)(C)C)cc(C(C)(C)C)c1)C(C)C. The molecule has 1 aliphatic carbocycles. The van der Waals surface area contributed by atoms with Crippen LogP contribution in [0.3, 0.4) is 0 Å². The van der Waals surface area contributed by atoms with E-state index in [1.165, 1.54) is 41.7 Å². The molecular weight excluding hydrogens is 492 g/mol. The highest BCUT2D eigenvalue weighted by Gasteiger charge is 2.28. The Morgan fingerprint density at radius 3 is 1.95 bits per heavy atom. The third kappa shape index (κ3) is 11.2. The summed E-state index contributed by atoms with van der Waals surface area (Å²) in [5, 5.41) is 4.31. The number of hydrogen-bond donors (Lipinski definition) is 1. The summed E-state index contributed by atoms with van der Waals surface area (Å²) in [6.45, 7) is 24.8. The van der Waals surface area contributed by atoms with Crippen LogP contribution in [-0.4, -0.2) is 52.2 Å². The van der Waals surface area contributed by atoms with E-state index in [0.717, 1.165) is 25.9 Å². The predicted molar refractivity (Wildman–Crippen MR) is 167 cm³/mol. The second-order valence-corrected chi connectivity index (χ2v) is 16.1. The molecule has 1 aromatic rings. The molecule has 0 aliphatic heterocycles. The zero-order valence-electron chi connectivity index (χ0n) is 25.6. The molecule has 1 saturated carbocycles. The van der Waals surface area contributed by atoms with Crippen LogP contribution in [0.4, 0.5) is 0 Å². The van der Waals surface area contributed by atoms with Gasteiger partial charge in [-0.05, 0) is 94.0 Å². The molecule has 0 radical (unpaired) electrons. The van der Waals surface area contributed by atoms with Gasteiger partial charge in [0.2, 0.25) is 5.91 Å². The zero-order valence-corrected chi connectivity index (χ0v) is 27.2. The predicted octanol–water partition coefficient (Wildman–Crippen LogP) is 8.43. The Bertz CT molecular complexity index is 798. The van der Waals surface area contributed by atoms with Crippen molar-refractivity contribution in [2.24, 2.45) is 0 Å². The number of carbonyl (C=O) groups excluding carboxylic acids is 1. The molecule has 1 amide bonds. The van der Waals surface area contributed by atoms with E-state index < -0.39 is 0 Å². The summed E-state index contributed by atoms with van der Waals surface area (Å²) in [5.74, 6) is 0.787. The Morgan fingerprint density at radius 1 is 0.892 bits per heavy atom. The van der Waals surface area contributed by atoms with Crippen LogP contribution < -0.4 is 5.32 Å². The van der Waals surface area contributed by atoms with Gasteiger partial charge in [0.25, 0.3) is 0 Å². The normalized spacial score (nSPS) is 19.2. The largest absolute Gasteiger partial charge is 0.355 e. The Morgan fingerprint density at radius 2 is 1.43 bits per heavy atom. The Balaban J connectivity index is 1.90. The molecule has 1 aromatic carbocycles. The number of hydrogen-bond acceptors (Lipinski definition) is 4. The van der Waals surface area contributed by atoms with Crippen molar-refractivity contribution in [2.45, 2.75) is 146 Å². The highest BCUT2D eigenvalue weighted by atomic mass is 32.2. The van der Waals surface area contributed by atoms with Gasteiger partial charge in [-0.25, -0.2) is 0 Å². The monoisotopic (exact) mass is 548 g/mol. The van der Waals surface area contributed by atoms with Crippen molar-refractivity contribution in [2.75, 3.05) is 18.8 Å². The molecule has 0 saturated heterocycles. The van der Waals surface area contributed by atoms with Crippen molar-refractivity contribution in [1.82, 2.24) is 10.2 Å². The van der Waals surface area contributed by atoms with E-state index in [-0.39, 0.29) is 16.7 Å². The van der Waals surface area contributed by atoms with Crippen molar-refractivity contribution < 1.29 is 4.79 Å². The third-order valence-corrected chi connectivity index (χ3v) is 10.5. The van der Waals surface area contributed by atoms with Crippen LogP contribution >= 0.6 is 23.5 Å². The van der Waals surface area contributed by atoms with E-state index >= 15 is 0 Å². The van der Waals surface area contributed by atoms with Gasteiger partial charge in [0, 0.05) is 34.0 Å². The van der Waals surface area contributed by atoms with Gasteiger partial charge in [0.15, 0.2) is 0 Å². The molecule has 37 heavy (non-hydrogen) atoms. The molecule has 0 heterocycles. The van der Waals surface area contributed by atoms with Crippen LogP contribution in [0.2, 0.25) is 0 Å². The van der Waals surface area contributed by atoms with Gasteiger partial charge >= 0.3 is 0 Å². The lowest BCUT2D eigenvalue weighted by Gasteiger charge is -2.32. The third-order valence-electron chi connectivity index (χ3n) is 7.49. The van der Waals surface area contributed by atoms with Crippen LogP contribution in [0.5, 0.6) is 0 Å². The lowest BCUT2D eigenvalue weighted by Crippen LogP contribution is -2.38. The number of carbonyl (C=O) groups is 1. The van der Waals surface area contributed by atoms with Gasteiger partial charge in [0.1, 0.15) is 0 Å². The van der Waals surface area contributed by atoms with Crippen molar-refractivity contribution in [3.8, 4) is 0 Å². The van der Waals surface area contributed by atoms with Gasteiger partial charge in [-0.15, -0.1) is 23.5 Å². The summed E-state index contributed by atoms with van der Waals surface area (Å²) >= 11 is 3.95. The number of thioether (sulfide) groups is 2. The van der Waals surface area contributed by atoms with Gasteiger partial charge in [0.05, 0.1) is 5.75 Å². The van der Waals surface area contributed by atoms with Crippen molar-refractivity contribution in [3.63, 3.8) is 0 Å². The minimum atomic E-state index is 0.136. The Kier molecular flexibility index (Phi) is 12.9. The molecule has 1 N–H and O–H groups in total. The van der Waals surface area contributed by atoms with E-state index in [1.807, 2.05) is 11.8 Å². The quantitative estimate of drug-likeness (QED) is 0.266. The minimum Gasteiger partial charge on any atom is -0.355 e. The molecule has 1 fully saturated rings. The molecule has 0 bridgehead atoms. The fourth-order valence-electron chi connectivity index (χ4n) is 5.09. The summed E-state index contributed by atoms with van der Waals surface area (Å²) < 4.78 is 0. The first-order valence-corrected chi connectivity index (χ1v) is 16.6. The molecular formula is C32H56N2OS2. The average Bonchev–Trinajstić information content (AvgIpc) is 2.79. The van der Waals surface area contributed by atoms with Crippen LogP contribution in [0.1, 0.15) is 119 Å². The molecule has 0 aromatic heterocycles. The van der Waals surface area contributed by atoms with Crippen molar-refractivity contribution >= 4 is 29.4 Å². The summed E-state index contributed by atoms with van der Waals surface area (Å²) in [4.78, 5) is 16.6. The second-order valence-electron chi connectivity index (χ2n) is 13.5. The van der Waals surface area contributed by atoms with E-state index in [0.29, 0.717) is 28.3 Å². The molecule has 3 nitrogen and oxygen atoms in total. The second kappa shape index (κ2) is 14.7. The molecule has 212 valence electrons. The summed E-state index contributed by atoms with van der Waals surface area (Å²) in [6, 6.07) is 8.39. The summed E-state index contributed by atoms with van der Waals surface area (Å²) in [6.07, 6.45) is 7.24. The highest BCUT2D eigenvalue weighted by Crippen LogP contribution is 2.42. The standard InChI is InChI=1S/C32H56N2OS2/c1-23(2)34(24(3)4)18-14-13-17-33-30(35)22-36-28-15-11-12-16-29(28)37-27-20-25(31(5,6)7)19-26(21-27)32(8,9)10/h19-21,23-24,28-29H,11-18,22H2,1-10H3,(H,33,35). The Labute approximate surface area is 238 Å². The van der Waals surface area contributed by atoms with Crippen LogP contribution in [0, 0.1) is 0 Å². The maximum atomic E-state index is 12.6. The number of benzene rings is 1. The lowest BCUT2D eigenvalue weighted by molar-refractivity contribution is -0.118. The van der Waals surface area contributed by atoms with Gasteiger partial charge in [-0.1, -0.05) is 60.5 Å². The molecule has 0 spiro atoms. The smallest absolute Gasteiger partial charge is 0.230 e. The molecule has 2 atom stereocenters. The van der Waals surface area contributed by atoms with Crippen LogP contribution in [0.25, 0.3) is 0 Å². The fourth-order valence-corrected chi connectivity index (χ4v) is 7.96. The lowest BCUT2D eigenvalue weighted by atomic mass is 9.81. The first kappa shape index (κ1) is 32.6. The first-order valence-electron chi connectivity index (χ1n) is 14.6. The number of nitrogens with zero attached hydrogens (tertiary/aromatic N) is 1. The topological polar surface area (TPSA) is 32.3 Å². The number of nitrogens with one attached hydrogen (secondary N) is 1. The van der Waals surface area contributed by atoms with E-state index in [9.17, 15) is 4.79 Å². The van der Waals surface area contributed by atoms with Crippen molar-refractivity contribution in [3.05, 3.63) is 29.3 Å². The molecule has 2 unspecified atom stereocenters. The van der Waals surface area contributed by atoms with Crippen LogP contribution in [-0.2, 0) is 15.6 Å². The number of rotatable bonds is 12. The fraction of sp³-hybridized carbons (Fsp3) is 0.781. The zero-order chi connectivity index (χ0) is 27.8. The molecule has 2 rings (SSSR count). The average molecular weight is 549 g/mol. The summed E-state index contributed by atoms with van der Waals surface area (Å²) in [7, 11) is 0. The summed E-state index contributed by atoms with van der Waals surface area (Å²) in [5.41, 5.74) is 3.12. The molecule has 1 aliphatic rings. The number of amides is 1. The van der Waals surface area contributed by atoms with Crippen LogP contribution in [0.15, 0.2) is 23.1 Å². The molecule has 5 heteroatoms. The van der Waals surface area contributed by atoms with Crippen molar-refractivity contribution in [1.29, 1.82) is 0 Å². The van der Waals surface area contributed by atoms with E-state index in [4.69, 9.17) is 0 Å². The number of unbranched alkanes of at least 4 members (excludes halogenated alkanes) is 1. The first-order chi connectivity index (χ1) is 17.2. The van der Waals surface area contributed by atoms with Gasteiger partial charge < -0.3 is 5.32 Å². The maximum Gasteiger partial charge on any atom is 0.230 e. The minimum absolute atomic E-state index is 0.136. The highest BCUT2D eigenvalue weighted by molar-refractivity contribution is 8.04. The maximum absolute atomic E-state index is 12.6. The Hall–Kier alpha value is -0.650. The van der Waals surface area contributed by atoms with E-state index in [1.54, 1.807) is 0 Å².